The maximum Gasteiger partial charge on any atom is 0.268 e. The van der Waals surface area contributed by atoms with Crippen LogP contribution >= 0.6 is 11.6 Å². The van der Waals surface area contributed by atoms with Gasteiger partial charge < -0.3 is 15.0 Å². The summed E-state index contributed by atoms with van der Waals surface area (Å²) in [7, 11) is 1.79. The number of aliphatic hydroxyl groups is 1. The number of rotatable bonds is 4. The van der Waals surface area contributed by atoms with E-state index >= 15 is 0 Å². The van der Waals surface area contributed by atoms with Crippen molar-refractivity contribution in [2.45, 2.75) is 19.6 Å². The minimum Gasteiger partial charge on any atom is -0.392 e. The molecule has 1 unspecified atom stereocenters. The molecule has 0 spiro atoms. The third-order valence-electron chi connectivity index (χ3n) is 4.30. The summed E-state index contributed by atoms with van der Waals surface area (Å²) in [5.41, 5.74) is 2.18. The van der Waals surface area contributed by atoms with Crippen LogP contribution in [0.4, 0.5) is 4.39 Å². The summed E-state index contributed by atoms with van der Waals surface area (Å²) in [6, 6.07) is 11.2. The van der Waals surface area contributed by atoms with Crippen LogP contribution in [0.5, 0.6) is 0 Å². The first-order chi connectivity index (χ1) is 11.9. The Morgan fingerprint density at radius 3 is 2.72 bits per heavy atom. The number of benzene rings is 2. The van der Waals surface area contributed by atoms with E-state index in [1.807, 2.05) is 6.07 Å². The van der Waals surface area contributed by atoms with Gasteiger partial charge in [0.15, 0.2) is 0 Å². The van der Waals surface area contributed by atoms with Crippen molar-refractivity contribution in [2.24, 2.45) is 7.05 Å². The van der Waals surface area contributed by atoms with Crippen LogP contribution in [-0.4, -0.2) is 15.6 Å². The van der Waals surface area contributed by atoms with E-state index < -0.39 is 11.9 Å². The molecule has 0 saturated heterocycles. The average molecular weight is 361 g/mol. The molecule has 2 aromatic carbocycles. The number of hydrogen-bond acceptors (Lipinski definition) is 2. The first-order valence-electron chi connectivity index (χ1n) is 7.85. The molecule has 0 aliphatic carbocycles. The lowest BCUT2D eigenvalue weighted by Crippen LogP contribution is -2.28. The highest BCUT2D eigenvalue weighted by atomic mass is 35.5. The molecule has 1 amide bonds. The van der Waals surface area contributed by atoms with Gasteiger partial charge in [-0.1, -0.05) is 29.8 Å². The molecule has 3 rings (SSSR count). The smallest absolute Gasteiger partial charge is 0.268 e. The first kappa shape index (κ1) is 17.5. The van der Waals surface area contributed by atoms with E-state index in [9.17, 15) is 9.18 Å². The molecule has 25 heavy (non-hydrogen) atoms. The monoisotopic (exact) mass is 360 g/mol. The third-order valence-corrected chi connectivity index (χ3v) is 4.54. The molecule has 4 nitrogen and oxygen atoms in total. The van der Waals surface area contributed by atoms with E-state index in [0.717, 1.165) is 10.9 Å². The Labute approximate surface area is 149 Å². The van der Waals surface area contributed by atoms with Crippen molar-refractivity contribution in [3.63, 3.8) is 0 Å². The van der Waals surface area contributed by atoms with E-state index in [1.165, 1.54) is 6.07 Å². The molecule has 0 saturated carbocycles. The van der Waals surface area contributed by atoms with Gasteiger partial charge in [-0.3, -0.25) is 4.79 Å². The Morgan fingerprint density at radius 1 is 1.28 bits per heavy atom. The first-order valence-corrected chi connectivity index (χ1v) is 8.23. The third kappa shape index (κ3) is 3.38. The number of fused-ring (bicyclic) bond motifs is 1. The van der Waals surface area contributed by atoms with Gasteiger partial charge in [0, 0.05) is 28.5 Å². The molecule has 0 aliphatic heterocycles. The van der Waals surface area contributed by atoms with Crippen LogP contribution in [0.2, 0.25) is 5.02 Å². The molecule has 0 bridgehead atoms. The van der Waals surface area contributed by atoms with Crippen molar-refractivity contribution >= 4 is 28.4 Å². The summed E-state index contributed by atoms with van der Waals surface area (Å²) in [6.45, 7) is 1.49. The van der Waals surface area contributed by atoms with Crippen molar-refractivity contribution < 1.29 is 14.3 Å². The molecule has 1 atom stereocenters. The van der Waals surface area contributed by atoms with Gasteiger partial charge in [0.05, 0.1) is 12.6 Å². The van der Waals surface area contributed by atoms with Crippen LogP contribution in [0.1, 0.15) is 34.6 Å². The molecule has 0 radical (unpaired) electrons. The number of aliphatic hydroxyl groups excluding tert-OH is 1. The summed E-state index contributed by atoms with van der Waals surface area (Å²) in [5.74, 6) is -0.754. The highest BCUT2D eigenvalue weighted by Crippen LogP contribution is 2.24. The number of carbonyl (C=O) groups excluding carboxylic acids is 1. The maximum absolute atomic E-state index is 14.1. The molecule has 130 valence electrons. The SMILES string of the molecule is CC(NC(=O)c1cc2ccc(Cl)cc2n1C)c1ccc(CO)cc1F. The van der Waals surface area contributed by atoms with Crippen molar-refractivity contribution in [1.82, 2.24) is 9.88 Å². The lowest BCUT2D eigenvalue weighted by Gasteiger charge is -2.16. The molecule has 2 N–H and O–H groups in total. The van der Waals surface area contributed by atoms with Crippen molar-refractivity contribution in [3.8, 4) is 0 Å². The molecular formula is C19H18ClFN2O2. The fourth-order valence-corrected chi connectivity index (χ4v) is 3.06. The summed E-state index contributed by atoms with van der Waals surface area (Å²) in [6.07, 6.45) is 0. The topological polar surface area (TPSA) is 54.3 Å². The van der Waals surface area contributed by atoms with E-state index in [-0.39, 0.29) is 12.5 Å². The van der Waals surface area contributed by atoms with Crippen LogP contribution < -0.4 is 5.32 Å². The zero-order chi connectivity index (χ0) is 18.1. The van der Waals surface area contributed by atoms with Crippen LogP contribution in [-0.2, 0) is 13.7 Å². The van der Waals surface area contributed by atoms with Crippen LogP contribution in [0.25, 0.3) is 10.9 Å². The van der Waals surface area contributed by atoms with Gasteiger partial charge in [0.2, 0.25) is 0 Å². The minimum atomic E-state index is -0.512. The average Bonchev–Trinajstić information content (AvgIpc) is 2.91. The lowest BCUT2D eigenvalue weighted by molar-refractivity contribution is 0.0931. The Hall–Kier alpha value is -2.37. The molecule has 0 aliphatic rings. The Bertz CT molecular complexity index is 952. The quantitative estimate of drug-likeness (QED) is 0.740. The molecule has 6 heteroatoms. The summed E-state index contributed by atoms with van der Waals surface area (Å²) in [5, 5.41) is 13.4. The second-order valence-corrected chi connectivity index (χ2v) is 6.44. The van der Waals surface area contributed by atoms with Gasteiger partial charge in [-0.2, -0.15) is 0 Å². The number of nitrogens with one attached hydrogen (secondary N) is 1. The lowest BCUT2D eigenvalue weighted by atomic mass is 10.1. The maximum atomic E-state index is 14.1. The van der Waals surface area contributed by atoms with Crippen LogP contribution in [0, 0.1) is 5.82 Å². The van der Waals surface area contributed by atoms with Gasteiger partial charge in [-0.15, -0.1) is 0 Å². The summed E-state index contributed by atoms with van der Waals surface area (Å²) in [4.78, 5) is 12.6. The normalized spacial score (nSPS) is 12.4. The van der Waals surface area contributed by atoms with Gasteiger partial charge in [-0.25, -0.2) is 4.39 Å². The van der Waals surface area contributed by atoms with E-state index in [2.05, 4.69) is 5.32 Å². The van der Waals surface area contributed by atoms with E-state index in [4.69, 9.17) is 16.7 Å². The Morgan fingerprint density at radius 2 is 2.04 bits per heavy atom. The predicted molar refractivity (Wildman–Crippen MR) is 96.1 cm³/mol. The van der Waals surface area contributed by atoms with Gasteiger partial charge in [0.1, 0.15) is 11.5 Å². The number of aryl methyl sites for hydroxylation is 1. The standard InChI is InChI=1S/C19H18ClFN2O2/c1-11(15-6-3-12(10-24)7-16(15)21)22-19(25)18-8-13-4-5-14(20)9-17(13)23(18)2/h3-9,11,24H,10H2,1-2H3,(H,22,25). The van der Waals surface area contributed by atoms with Crippen LogP contribution in [0.3, 0.4) is 0 Å². The molecule has 1 heterocycles. The second kappa shape index (κ2) is 6.86. The van der Waals surface area contributed by atoms with E-state index in [1.54, 1.807) is 48.9 Å². The zero-order valence-electron chi connectivity index (χ0n) is 13.9. The summed E-state index contributed by atoms with van der Waals surface area (Å²) < 4.78 is 15.9. The highest BCUT2D eigenvalue weighted by molar-refractivity contribution is 6.31. The van der Waals surface area contributed by atoms with Crippen molar-refractivity contribution in [1.29, 1.82) is 0 Å². The van der Waals surface area contributed by atoms with Crippen molar-refractivity contribution in [3.05, 3.63) is 70.1 Å². The molecule has 3 aromatic rings. The molecular weight excluding hydrogens is 343 g/mol. The van der Waals surface area contributed by atoms with E-state index in [0.29, 0.717) is 21.8 Å². The van der Waals surface area contributed by atoms with Crippen molar-refractivity contribution in [2.75, 3.05) is 0 Å². The summed E-state index contributed by atoms with van der Waals surface area (Å²) >= 11 is 6.01. The van der Waals surface area contributed by atoms with Gasteiger partial charge in [-0.05, 0) is 36.8 Å². The largest absolute Gasteiger partial charge is 0.392 e. The highest BCUT2D eigenvalue weighted by Gasteiger charge is 2.18. The molecule has 1 aromatic heterocycles. The number of amides is 1. The zero-order valence-corrected chi connectivity index (χ0v) is 14.6. The predicted octanol–water partition coefficient (Wildman–Crippen LogP) is 3.95. The fraction of sp³-hybridized carbons (Fsp3) is 0.211. The number of nitrogens with zero attached hydrogens (tertiary/aromatic N) is 1. The Kier molecular flexibility index (Phi) is 4.79. The van der Waals surface area contributed by atoms with Gasteiger partial charge >= 0.3 is 0 Å². The fourth-order valence-electron chi connectivity index (χ4n) is 2.89. The number of aromatic nitrogens is 1. The Balaban J connectivity index is 1.86. The minimum absolute atomic E-state index is 0.226. The number of halogens is 2. The van der Waals surface area contributed by atoms with Crippen LogP contribution in [0.15, 0.2) is 42.5 Å². The molecule has 0 fully saturated rings. The number of carbonyl (C=O) groups is 1. The second-order valence-electron chi connectivity index (χ2n) is 6.00. The number of hydrogen-bond donors (Lipinski definition) is 2. The van der Waals surface area contributed by atoms with Gasteiger partial charge in [0.25, 0.3) is 5.91 Å².